The lowest BCUT2D eigenvalue weighted by Crippen LogP contribution is -2.49. The summed E-state index contributed by atoms with van der Waals surface area (Å²) in [7, 11) is 6.48. The molecule has 1 aliphatic heterocycles. The van der Waals surface area contributed by atoms with Crippen LogP contribution in [-0.4, -0.2) is 57.8 Å². The van der Waals surface area contributed by atoms with E-state index >= 15 is 0 Å². The fraction of sp³-hybridized carbons (Fsp3) is 0.500. The van der Waals surface area contributed by atoms with Gasteiger partial charge < -0.3 is 23.7 Å². The number of aryl methyl sites for hydroxylation is 1. The van der Waals surface area contributed by atoms with Crippen LogP contribution in [0.1, 0.15) is 50.8 Å². The molecule has 0 saturated carbocycles. The number of amides is 1. The first-order chi connectivity index (χ1) is 18.0. The van der Waals surface area contributed by atoms with E-state index in [4.69, 9.17) is 23.7 Å². The molecular weight excluding hydrogens is 490 g/mol. The van der Waals surface area contributed by atoms with Crippen LogP contribution in [0, 0.1) is 0 Å². The zero-order valence-corrected chi connectivity index (χ0v) is 23.6. The van der Waals surface area contributed by atoms with Gasteiger partial charge in [-0.2, -0.15) is 0 Å². The van der Waals surface area contributed by atoms with Gasteiger partial charge in [0.05, 0.1) is 45.7 Å². The van der Waals surface area contributed by atoms with Gasteiger partial charge in [0.15, 0.2) is 0 Å². The number of carbonyl (C=O) groups excluding carboxylic acids is 2. The number of hydrogen-bond donors (Lipinski definition) is 1. The Balaban J connectivity index is 2.10. The summed E-state index contributed by atoms with van der Waals surface area (Å²) in [6.45, 7) is 8.78. The van der Waals surface area contributed by atoms with E-state index in [0.29, 0.717) is 37.7 Å². The highest BCUT2D eigenvalue weighted by Gasteiger charge is 2.33. The largest absolute Gasteiger partial charge is 0.496 e. The van der Waals surface area contributed by atoms with Crippen molar-refractivity contribution in [2.45, 2.75) is 59.3 Å². The Bertz CT molecular complexity index is 1130. The Hall–Kier alpha value is -3.50. The van der Waals surface area contributed by atoms with E-state index in [2.05, 4.69) is 5.43 Å². The Morgan fingerprint density at radius 1 is 1.05 bits per heavy atom. The number of hydrazine groups is 2. The number of anilines is 1. The summed E-state index contributed by atoms with van der Waals surface area (Å²) in [5, 5.41) is 3.55. The number of nitrogens with zero attached hydrogens (tertiary/aromatic N) is 2. The highest BCUT2D eigenvalue weighted by molar-refractivity contribution is 5.89. The summed E-state index contributed by atoms with van der Waals surface area (Å²) >= 11 is 0. The van der Waals surface area contributed by atoms with E-state index in [-0.39, 0.29) is 12.4 Å². The molecule has 2 aromatic carbocycles. The van der Waals surface area contributed by atoms with Gasteiger partial charge in [0.25, 0.3) is 0 Å². The first-order valence-corrected chi connectivity index (χ1v) is 12.6. The van der Waals surface area contributed by atoms with Crippen molar-refractivity contribution in [2.75, 3.05) is 40.0 Å². The molecule has 0 saturated heterocycles. The zero-order valence-electron chi connectivity index (χ0n) is 23.6. The van der Waals surface area contributed by atoms with Crippen molar-refractivity contribution in [2.24, 2.45) is 0 Å². The normalized spacial score (nSPS) is 13.2. The Morgan fingerprint density at radius 3 is 2.26 bits per heavy atom. The minimum atomic E-state index is -0.643. The van der Waals surface area contributed by atoms with Gasteiger partial charge >= 0.3 is 12.1 Å². The molecule has 1 N–H and O–H groups in total. The van der Waals surface area contributed by atoms with Crippen LogP contribution in [0.4, 0.5) is 10.5 Å². The van der Waals surface area contributed by atoms with Gasteiger partial charge in [-0.05, 0) is 62.9 Å². The summed E-state index contributed by atoms with van der Waals surface area (Å²) in [4.78, 5) is 24.5. The summed E-state index contributed by atoms with van der Waals surface area (Å²) in [5.41, 5.74) is 7.54. The second-order valence-electron chi connectivity index (χ2n) is 9.88. The molecule has 208 valence electrons. The second-order valence-corrected chi connectivity index (χ2v) is 9.88. The van der Waals surface area contributed by atoms with Gasteiger partial charge in [0.1, 0.15) is 17.1 Å². The van der Waals surface area contributed by atoms with E-state index in [1.54, 1.807) is 19.3 Å². The molecule has 0 fully saturated rings. The molecule has 0 atom stereocenters. The Labute approximate surface area is 224 Å². The molecule has 10 nitrogen and oxygen atoms in total. The van der Waals surface area contributed by atoms with E-state index in [1.165, 1.54) is 7.11 Å². The van der Waals surface area contributed by atoms with E-state index in [1.807, 2.05) is 64.0 Å². The van der Waals surface area contributed by atoms with Crippen molar-refractivity contribution in [1.82, 2.24) is 10.5 Å². The molecule has 0 aromatic heterocycles. The molecule has 10 heteroatoms. The maximum Gasteiger partial charge on any atom is 0.423 e. The van der Waals surface area contributed by atoms with Gasteiger partial charge in [0, 0.05) is 25.6 Å². The lowest BCUT2D eigenvalue weighted by Gasteiger charge is -2.29. The standard InChI is InChI=1S/C28H39N3O7/c1-9-37-17-18-14-22(34-6)25(23(15-18)35-7)20-12-10-19(11-13-24(32)36-8)21-16-31(30(5)26(20)21)29-27(33)38-28(2,3)4/h10,12,14-15H,9,11,13,16-17H2,1-8H3,(H,29,33). The highest BCUT2D eigenvalue weighted by atomic mass is 16.6. The molecule has 0 aliphatic carbocycles. The molecule has 38 heavy (non-hydrogen) atoms. The third-order valence-electron chi connectivity index (χ3n) is 6.13. The number of hydrogen-bond acceptors (Lipinski definition) is 9. The molecule has 1 heterocycles. The van der Waals surface area contributed by atoms with Crippen molar-refractivity contribution in [3.8, 4) is 22.6 Å². The van der Waals surface area contributed by atoms with Crippen molar-refractivity contribution in [3.63, 3.8) is 0 Å². The summed E-state index contributed by atoms with van der Waals surface area (Å²) in [6.07, 6.45) is 0.167. The fourth-order valence-electron chi connectivity index (χ4n) is 4.43. The molecule has 2 aromatic rings. The summed E-state index contributed by atoms with van der Waals surface area (Å²) < 4.78 is 27.5. The molecule has 0 bridgehead atoms. The number of rotatable bonds is 10. The van der Waals surface area contributed by atoms with Crippen molar-refractivity contribution >= 4 is 17.7 Å². The van der Waals surface area contributed by atoms with Crippen LogP contribution >= 0.6 is 0 Å². The van der Waals surface area contributed by atoms with Crippen LogP contribution in [0.15, 0.2) is 24.3 Å². The number of nitrogens with one attached hydrogen (secondary N) is 1. The number of carbonyl (C=O) groups is 2. The average Bonchev–Trinajstić information content (AvgIpc) is 3.19. The molecular formula is C28H39N3O7. The number of methoxy groups -OCH3 is 3. The molecule has 1 amide bonds. The zero-order chi connectivity index (χ0) is 28.0. The van der Waals surface area contributed by atoms with Crippen molar-refractivity contribution in [3.05, 3.63) is 41.0 Å². The van der Waals surface area contributed by atoms with Crippen molar-refractivity contribution < 1.29 is 33.3 Å². The average molecular weight is 530 g/mol. The quantitative estimate of drug-likeness (QED) is 0.442. The first-order valence-electron chi connectivity index (χ1n) is 12.6. The Morgan fingerprint density at radius 2 is 1.71 bits per heavy atom. The van der Waals surface area contributed by atoms with Crippen molar-refractivity contribution in [1.29, 1.82) is 0 Å². The van der Waals surface area contributed by atoms with Gasteiger partial charge in [-0.1, -0.05) is 12.1 Å². The first kappa shape index (κ1) is 29.1. The van der Waals surface area contributed by atoms with Crippen LogP contribution in [0.25, 0.3) is 11.1 Å². The van der Waals surface area contributed by atoms with E-state index in [0.717, 1.165) is 33.5 Å². The summed E-state index contributed by atoms with van der Waals surface area (Å²) in [5.74, 6) is 0.983. The molecule has 0 spiro atoms. The maximum absolute atomic E-state index is 12.6. The SMILES string of the molecule is CCOCc1cc(OC)c(-c2ccc(CCC(=O)OC)c3c2N(C)N(NC(=O)OC(C)(C)C)C3)c(OC)c1. The molecule has 0 radical (unpaired) electrons. The molecule has 0 unspecified atom stereocenters. The van der Waals surface area contributed by atoms with Crippen LogP contribution in [0.2, 0.25) is 0 Å². The molecule has 3 rings (SSSR count). The number of benzene rings is 2. The number of fused-ring (bicyclic) bond motifs is 1. The van der Waals surface area contributed by atoms with Gasteiger partial charge in [-0.3, -0.25) is 9.80 Å². The minimum absolute atomic E-state index is 0.240. The van der Waals surface area contributed by atoms with Gasteiger partial charge in [0.2, 0.25) is 0 Å². The number of ether oxygens (including phenoxy) is 5. The van der Waals surface area contributed by atoms with E-state index in [9.17, 15) is 9.59 Å². The number of esters is 1. The van der Waals surface area contributed by atoms with E-state index < -0.39 is 11.7 Å². The third-order valence-corrected chi connectivity index (χ3v) is 6.13. The Kier molecular flexibility index (Phi) is 9.45. The lowest BCUT2D eigenvalue weighted by atomic mass is 9.93. The van der Waals surface area contributed by atoms with Crippen LogP contribution < -0.4 is 19.9 Å². The second kappa shape index (κ2) is 12.4. The van der Waals surface area contributed by atoms with Crippen LogP contribution in [0.5, 0.6) is 11.5 Å². The van der Waals surface area contributed by atoms with Gasteiger partial charge in [-0.15, -0.1) is 5.12 Å². The third kappa shape index (κ3) is 6.68. The topological polar surface area (TPSA) is 98.8 Å². The van der Waals surface area contributed by atoms with Crippen LogP contribution in [0.3, 0.4) is 0 Å². The summed E-state index contributed by atoms with van der Waals surface area (Å²) in [6, 6.07) is 7.86. The minimum Gasteiger partial charge on any atom is -0.496 e. The molecule has 1 aliphatic rings. The van der Waals surface area contributed by atoms with Crippen LogP contribution in [-0.2, 0) is 38.6 Å². The smallest absolute Gasteiger partial charge is 0.423 e. The fourth-order valence-corrected chi connectivity index (χ4v) is 4.43. The predicted octanol–water partition coefficient (Wildman–Crippen LogP) is 4.62. The predicted molar refractivity (Wildman–Crippen MR) is 144 cm³/mol. The lowest BCUT2D eigenvalue weighted by molar-refractivity contribution is -0.140. The maximum atomic E-state index is 12.6. The monoisotopic (exact) mass is 529 g/mol. The highest BCUT2D eigenvalue weighted by Crippen LogP contribution is 2.48. The van der Waals surface area contributed by atoms with Gasteiger partial charge in [-0.25, -0.2) is 10.2 Å².